The fourth-order valence-corrected chi connectivity index (χ4v) is 1.61. The molecule has 0 aliphatic rings. The van der Waals surface area contributed by atoms with E-state index in [2.05, 4.69) is 13.8 Å². The van der Waals surface area contributed by atoms with E-state index in [1.54, 1.807) is 6.07 Å². The minimum absolute atomic E-state index is 0.508. The summed E-state index contributed by atoms with van der Waals surface area (Å²) in [4.78, 5) is 11.1. The van der Waals surface area contributed by atoms with Crippen LogP contribution in [0.5, 0.6) is 5.75 Å². The lowest BCUT2D eigenvalue weighted by Crippen LogP contribution is -2.11. The number of rotatable bonds is 5. The van der Waals surface area contributed by atoms with Gasteiger partial charge in [-0.25, -0.2) is 0 Å². The molecule has 1 aromatic heterocycles. The standard InChI is InChI=1S/C10H13BO2S/c1-3-7(2)6-13-9-4-8(5-12)14-10(9)11/h4-5,7H,3,6H2,1-2H3. The fraction of sp³-hybridized carbons (Fsp3) is 0.500. The average molecular weight is 208 g/mol. The van der Waals surface area contributed by atoms with Gasteiger partial charge in [-0.2, -0.15) is 0 Å². The lowest BCUT2D eigenvalue weighted by Gasteiger charge is -2.10. The van der Waals surface area contributed by atoms with Crippen molar-refractivity contribution >= 4 is 30.2 Å². The molecule has 0 amide bonds. The minimum Gasteiger partial charge on any atom is -0.493 e. The van der Waals surface area contributed by atoms with Gasteiger partial charge >= 0.3 is 0 Å². The van der Waals surface area contributed by atoms with Crippen molar-refractivity contribution in [3.63, 3.8) is 0 Å². The Balaban J connectivity index is 2.57. The fourth-order valence-electron chi connectivity index (χ4n) is 0.928. The molecule has 14 heavy (non-hydrogen) atoms. The van der Waals surface area contributed by atoms with Gasteiger partial charge < -0.3 is 4.74 Å². The Morgan fingerprint density at radius 1 is 1.71 bits per heavy atom. The van der Waals surface area contributed by atoms with Crippen molar-refractivity contribution in [2.45, 2.75) is 20.3 Å². The predicted octanol–water partition coefficient (Wildman–Crippen LogP) is 1.78. The molecule has 0 saturated carbocycles. The maximum Gasteiger partial charge on any atom is 0.160 e. The number of aldehydes is 1. The average Bonchev–Trinajstić information content (AvgIpc) is 2.55. The monoisotopic (exact) mass is 208 g/mol. The molecule has 1 atom stereocenters. The number of carbonyl (C=O) groups is 1. The van der Waals surface area contributed by atoms with Crippen LogP contribution in [0.3, 0.4) is 0 Å². The Labute approximate surface area is 89.7 Å². The van der Waals surface area contributed by atoms with E-state index in [1.807, 2.05) is 0 Å². The highest BCUT2D eigenvalue weighted by Crippen LogP contribution is 2.17. The molecule has 0 aliphatic heterocycles. The van der Waals surface area contributed by atoms with Gasteiger partial charge in [0.15, 0.2) is 6.29 Å². The van der Waals surface area contributed by atoms with Gasteiger partial charge in [0, 0.05) is 6.07 Å². The summed E-state index contributed by atoms with van der Waals surface area (Å²) < 4.78 is 6.08. The third-order valence-electron chi connectivity index (χ3n) is 2.08. The van der Waals surface area contributed by atoms with Crippen LogP contribution in [0.15, 0.2) is 6.07 Å². The first-order valence-corrected chi connectivity index (χ1v) is 5.46. The highest BCUT2D eigenvalue weighted by molar-refractivity contribution is 7.21. The van der Waals surface area contributed by atoms with Gasteiger partial charge in [0.2, 0.25) is 0 Å². The van der Waals surface area contributed by atoms with Crippen LogP contribution in [0.25, 0.3) is 0 Å². The molecule has 2 radical (unpaired) electrons. The Bertz CT molecular complexity index is 309. The predicted molar refractivity (Wildman–Crippen MR) is 60.0 cm³/mol. The van der Waals surface area contributed by atoms with Crippen molar-refractivity contribution in [1.82, 2.24) is 0 Å². The molecule has 0 spiro atoms. The molecule has 1 unspecified atom stereocenters. The molecule has 0 N–H and O–H groups in total. The van der Waals surface area contributed by atoms with E-state index in [9.17, 15) is 4.79 Å². The van der Waals surface area contributed by atoms with Crippen LogP contribution in [-0.2, 0) is 0 Å². The van der Waals surface area contributed by atoms with Crippen LogP contribution in [0.2, 0.25) is 0 Å². The largest absolute Gasteiger partial charge is 0.493 e. The lowest BCUT2D eigenvalue weighted by atomic mass is 10.1. The van der Waals surface area contributed by atoms with Crippen molar-refractivity contribution in [2.24, 2.45) is 5.92 Å². The van der Waals surface area contributed by atoms with Crippen LogP contribution >= 0.6 is 11.3 Å². The number of ether oxygens (including phenoxy) is 1. The zero-order valence-electron chi connectivity index (χ0n) is 8.45. The second-order valence-corrected chi connectivity index (χ2v) is 4.43. The second kappa shape index (κ2) is 5.20. The molecule has 1 aromatic rings. The molecule has 0 aromatic carbocycles. The first kappa shape index (κ1) is 11.3. The molecular formula is C10H13BO2S. The Morgan fingerprint density at radius 3 is 2.93 bits per heavy atom. The molecule has 1 heterocycles. The summed E-state index contributed by atoms with van der Waals surface area (Å²) in [6.07, 6.45) is 1.86. The first-order chi connectivity index (χ1) is 6.67. The van der Waals surface area contributed by atoms with Crippen molar-refractivity contribution < 1.29 is 9.53 Å². The van der Waals surface area contributed by atoms with E-state index in [0.717, 1.165) is 12.7 Å². The Kier molecular flexibility index (Phi) is 4.20. The van der Waals surface area contributed by atoms with Crippen LogP contribution < -0.4 is 9.51 Å². The smallest absolute Gasteiger partial charge is 0.160 e. The van der Waals surface area contributed by atoms with Gasteiger partial charge in [0.1, 0.15) is 13.6 Å². The first-order valence-electron chi connectivity index (χ1n) is 4.64. The molecule has 1 rings (SSSR count). The number of hydrogen-bond donors (Lipinski definition) is 0. The van der Waals surface area contributed by atoms with Gasteiger partial charge in [-0.05, 0) is 10.7 Å². The summed E-state index contributed by atoms with van der Waals surface area (Å²) in [7, 11) is 5.68. The zero-order valence-corrected chi connectivity index (χ0v) is 9.26. The highest BCUT2D eigenvalue weighted by atomic mass is 32.1. The van der Waals surface area contributed by atoms with Crippen molar-refractivity contribution in [3.8, 4) is 5.75 Å². The molecule has 0 fully saturated rings. The molecule has 0 bridgehead atoms. The second-order valence-electron chi connectivity index (χ2n) is 3.32. The lowest BCUT2D eigenvalue weighted by molar-refractivity contribution is 0.112. The summed E-state index contributed by atoms with van der Waals surface area (Å²) in [6, 6.07) is 1.69. The normalized spacial score (nSPS) is 12.4. The number of carbonyl (C=O) groups excluding carboxylic acids is 1. The third-order valence-corrected chi connectivity index (χ3v) is 2.95. The van der Waals surface area contributed by atoms with Gasteiger partial charge in [-0.1, -0.05) is 20.3 Å². The highest BCUT2D eigenvalue weighted by Gasteiger charge is 2.06. The summed E-state index contributed by atoms with van der Waals surface area (Å²) in [6.45, 7) is 4.88. The van der Waals surface area contributed by atoms with Crippen LogP contribution in [0.4, 0.5) is 0 Å². The van der Waals surface area contributed by atoms with E-state index in [-0.39, 0.29) is 0 Å². The van der Waals surface area contributed by atoms with E-state index < -0.39 is 0 Å². The van der Waals surface area contributed by atoms with Crippen LogP contribution in [0, 0.1) is 5.92 Å². The minimum atomic E-state index is 0.508. The molecular weight excluding hydrogens is 195 g/mol. The quantitative estimate of drug-likeness (QED) is 0.544. The van der Waals surface area contributed by atoms with E-state index in [0.29, 0.717) is 27.9 Å². The van der Waals surface area contributed by atoms with E-state index in [4.69, 9.17) is 12.6 Å². The molecule has 74 valence electrons. The summed E-state index contributed by atoms with van der Waals surface area (Å²) in [5.74, 6) is 1.14. The van der Waals surface area contributed by atoms with Crippen molar-refractivity contribution in [2.75, 3.05) is 6.61 Å². The summed E-state index contributed by atoms with van der Waals surface area (Å²) in [5.41, 5.74) is 0. The molecule has 0 saturated heterocycles. The van der Waals surface area contributed by atoms with E-state index in [1.165, 1.54) is 11.3 Å². The molecule has 2 nitrogen and oxygen atoms in total. The van der Waals surface area contributed by atoms with Gasteiger partial charge in [-0.15, -0.1) is 11.3 Å². The van der Waals surface area contributed by atoms with Gasteiger partial charge in [0.05, 0.1) is 11.5 Å². The molecule has 4 heteroatoms. The van der Waals surface area contributed by atoms with Crippen LogP contribution in [0.1, 0.15) is 29.9 Å². The van der Waals surface area contributed by atoms with Crippen LogP contribution in [-0.4, -0.2) is 20.7 Å². The Morgan fingerprint density at radius 2 is 2.43 bits per heavy atom. The number of thiophene rings is 1. The maximum atomic E-state index is 10.5. The Hall–Kier alpha value is -0.765. The third kappa shape index (κ3) is 2.87. The van der Waals surface area contributed by atoms with E-state index >= 15 is 0 Å². The topological polar surface area (TPSA) is 26.3 Å². The SMILES string of the molecule is [B]c1sc(C=O)cc1OCC(C)CC. The van der Waals surface area contributed by atoms with Gasteiger partial charge in [-0.3, -0.25) is 4.79 Å². The zero-order chi connectivity index (χ0) is 10.6. The number of hydrogen-bond acceptors (Lipinski definition) is 3. The van der Waals surface area contributed by atoms with Crippen molar-refractivity contribution in [3.05, 3.63) is 10.9 Å². The molecule has 0 aliphatic carbocycles. The summed E-state index contributed by atoms with van der Waals surface area (Å²) in [5, 5.41) is 0. The van der Waals surface area contributed by atoms with Crippen molar-refractivity contribution in [1.29, 1.82) is 0 Å². The van der Waals surface area contributed by atoms with Gasteiger partial charge in [0.25, 0.3) is 0 Å². The summed E-state index contributed by atoms with van der Waals surface area (Å²) >= 11 is 1.26. The maximum absolute atomic E-state index is 10.5.